The summed E-state index contributed by atoms with van der Waals surface area (Å²) in [5.41, 5.74) is 0.983. The molecule has 0 aromatic heterocycles. The quantitative estimate of drug-likeness (QED) is 0.393. The first-order valence-electron chi connectivity index (χ1n) is 7.21. The number of nitrogens with zero attached hydrogens (tertiary/aromatic N) is 1. The van der Waals surface area contributed by atoms with Crippen molar-refractivity contribution in [2.75, 3.05) is 0 Å². The van der Waals surface area contributed by atoms with E-state index in [4.69, 9.17) is 4.98 Å². The first-order valence-corrected chi connectivity index (χ1v) is 10.2. The summed E-state index contributed by atoms with van der Waals surface area (Å²) >= 11 is 0. The Bertz CT molecular complexity index is 259. The van der Waals surface area contributed by atoms with Gasteiger partial charge in [-0.3, -0.25) is 0 Å². The van der Waals surface area contributed by atoms with E-state index in [2.05, 4.69) is 61.6 Å². The van der Waals surface area contributed by atoms with Crippen molar-refractivity contribution < 1.29 is 21.7 Å². The molecule has 126 valence electrons. The maximum absolute atomic E-state index is 5.23. The minimum atomic E-state index is -1.49. The summed E-state index contributed by atoms with van der Waals surface area (Å²) in [6, 6.07) is 0. The molecule has 0 amide bonds. The molecule has 3 heteroatoms. The third-order valence-electron chi connectivity index (χ3n) is 5.06. The molecule has 0 aromatic rings. The maximum Gasteiger partial charge on any atom is 4.00 e. The van der Waals surface area contributed by atoms with Crippen molar-refractivity contribution in [2.45, 2.75) is 72.6 Å². The molecule has 0 bridgehead atoms. The van der Waals surface area contributed by atoms with Crippen LogP contribution in [0.5, 0.6) is 0 Å². The molecule has 4 unspecified atom stereocenters. The fraction of sp³-hybridized carbons (Fsp3) is 0.833. The van der Waals surface area contributed by atoms with Crippen molar-refractivity contribution in [3.8, 4) is 0 Å². The molecule has 0 aliphatic heterocycles. The van der Waals surface area contributed by atoms with E-state index in [0.29, 0.717) is 0 Å². The summed E-state index contributed by atoms with van der Waals surface area (Å²) < 4.78 is 0. The molecule has 0 spiro atoms. The Kier molecular flexibility index (Phi) is 14.1. The van der Waals surface area contributed by atoms with Gasteiger partial charge in [0.1, 0.15) is 0 Å². The van der Waals surface area contributed by atoms with Crippen LogP contribution in [-0.2, 0) is 21.7 Å². The van der Waals surface area contributed by atoms with Crippen molar-refractivity contribution in [3.63, 3.8) is 0 Å². The Labute approximate surface area is 153 Å². The molecule has 1 aliphatic carbocycles. The Morgan fingerprint density at radius 3 is 1.24 bits per heavy atom. The van der Waals surface area contributed by atoms with E-state index in [9.17, 15) is 0 Å². The summed E-state index contributed by atoms with van der Waals surface area (Å²) in [7, 11) is -1.49. The van der Waals surface area contributed by atoms with Gasteiger partial charge >= 0.3 is 21.7 Å². The van der Waals surface area contributed by atoms with Gasteiger partial charge in [-0.15, -0.1) is 5.54 Å². The van der Waals surface area contributed by atoms with Gasteiger partial charge in [-0.2, -0.15) is 0 Å². The molecule has 0 heterocycles. The molecular weight excluding hydrogens is 306 g/mol. The molecular formula is C18H41NSiTi. The Balaban J connectivity index is -0.000000361. The van der Waals surface area contributed by atoms with Gasteiger partial charge in [0.25, 0.3) is 0 Å². The maximum atomic E-state index is 5.23. The molecule has 0 saturated heterocycles. The summed E-state index contributed by atoms with van der Waals surface area (Å²) in [6.45, 7) is 21.5. The van der Waals surface area contributed by atoms with Crippen LogP contribution in [0, 0.1) is 46.0 Å². The predicted molar refractivity (Wildman–Crippen MR) is 100 cm³/mol. The number of rotatable bonds is 2. The van der Waals surface area contributed by atoms with E-state index in [-0.39, 0.29) is 49.5 Å². The average Bonchev–Trinajstić information content (AvgIpc) is 2.27. The van der Waals surface area contributed by atoms with Crippen molar-refractivity contribution in [3.05, 3.63) is 27.3 Å². The van der Waals surface area contributed by atoms with Gasteiger partial charge in [0.15, 0.2) is 0 Å². The molecule has 21 heavy (non-hydrogen) atoms. The van der Waals surface area contributed by atoms with Gasteiger partial charge < -0.3 is 27.3 Å². The fourth-order valence-corrected chi connectivity index (χ4v) is 9.37. The summed E-state index contributed by atoms with van der Waals surface area (Å²) in [5.74, 6) is 3.40. The largest absolute Gasteiger partial charge is 4.00 e. The minimum Gasteiger partial charge on any atom is -0.660 e. The van der Waals surface area contributed by atoms with Crippen LogP contribution >= 0.6 is 0 Å². The molecule has 1 saturated carbocycles. The fourth-order valence-electron chi connectivity index (χ4n) is 4.32. The minimum absolute atomic E-state index is 0. The molecule has 1 fully saturated rings. The Morgan fingerprint density at radius 2 is 1.00 bits per heavy atom. The van der Waals surface area contributed by atoms with E-state index in [1.807, 2.05) is 0 Å². The number of hydrogen-bond donors (Lipinski definition) is 0. The van der Waals surface area contributed by atoms with Crippen LogP contribution in [0.4, 0.5) is 0 Å². The summed E-state index contributed by atoms with van der Waals surface area (Å²) in [6.07, 6.45) is 0. The van der Waals surface area contributed by atoms with Crippen LogP contribution in [-0.4, -0.2) is 13.8 Å². The predicted octanol–water partition coefficient (Wildman–Crippen LogP) is 6.64. The molecule has 0 radical (unpaired) electrons. The van der Waals surface area contributed by atoms with Gasteiger partial charge in [0, 0.05) is 0 Å². The molecule has 1 nitrogen and oxygen atoms in total. The van der Waals surface area contributed by atoms with Gasteiger partial charge in [0.05, 0.1) is 0 Å². The van der Waals surface area contributed by atoms with E-state index in [0.717, 1.165) is 29.2 Å². The third kappa shape index (κ3) is 6.89. The number of hydrogen-bond acceptors (Lipinski definition) is 0. The van der Waals surface area contributed by atoms with E-state index < -0.39 is 8.24 Å². The zero-order valence-corrected chi connectivity index (χ0v) is 19.4. The Hall–Kier alpha value is 0.891. The Morgan fingerprint density at radius 1 is 0.714 bits per heavy atom. The average molecular weight is 347 g/mol. The summed E-state index contributed by atoms with van der Waals surface area (Å²) in [4.78, 5) is 5.23. The molecule has 1 aliphatic rings. The second-order valence-electron chi connectivity index (χ2n) is 7.90. The van der Waals surface area contributed by atoms with Gasteiger partial charge in [0.2, 0.25) is 0 Å². The van der Waals surface area contributed by atoms with Crippen molar-refractivity contribution in [1.29, 1.82) is 0 Å². The first-order chi connectivity index (χ1) is 7.47. The van der Waals surface area contributed by atoms with Crippen molar-refractivity contribution in [2.24, 2.45) is 23.7 Å². The zero-order chi connectivity index (χ0) is 13.6. The van der Waals surface area contributed by atoms with Crippen molar-refractivity contribution >= 4 is 8.24 Å². The third-order valence-corrected chi connectivity index (χ3v) is 8.99. The first kappa shape index (κ1) is 29.8. The van der Waals surface area contributed by atoms with Crippen LogP contribution in [0.1, 0.15) is 48.5 Å². The van der Waals surface area contributed by atoms with Gasteiger partial charge in [-0.25, -0.2) is 0 Å². The van der Waals surface area contributed by atoms with Crippen LogP contribution in [0.2, 0.25) is 18.6 Å². The molecule has 0 N–H and O–H groups in total. The van der Waals surface area contributed by atoms with Crippen molar-refractivity contribution in [1.82, 2.24) is 0 Å². The topological polar surface area (TPSA) is 14.1 Å². The van der Waals surface area contributed by atoms with Crippen LogP contribution in [0.3, 0.4) is 0 Å². The second-order valence-corrected chi connectivity index (χ2v) is 12.1. The zero-order valence-electron chi connectivity index (χ0n) is 16.8. The van der Waals surface area contributed by atoms with Crippen LogP contribution in [0.15, 0.2) is 0 Å². The van der Waals surface area contributed by atoms with Gasteiger partial charge in [-0.05, 0) is 23.7 Å². The van der Waals surface area contributed by atoms with E-state index >= 15 is 0 Å². The molecule has 0 aromatic carbocycles. The second kappa shape index (κ2) is 9.90. The molecule has 5 atom stereocenters. The van der Waals surface area contributed by atoms with Crippen LogP contribution in [0.25, 0.3) is 4.98 Å². The summed E-state index contributed by atoms with van der Waals surface area (Å²) in [5, 5.41) is 0. The standard InChI is InChI=1S/C15H32NSi.3CH3.Ti/c1-10-11(2)13(4)14(12(10)3)17(8,9)16-15(5,6)7;;;;/h10-14H,1-9H3;3*1H3;/q4*-1;+4/t10?,11?,12-,13?,14?;;;;/m1..../s1. The normalized spacial score (nSPS) is 32.1. The monoisotopic (exact) mass is 347 g/mol. The van der Waals surface area contributed by atoms with E-state index in [1.165, 1.54) is 0 Å². The molecule has 1 rings (SSSR count). The van der Waals surface area contributed by atoms with Crippen LogP contribution < -0.4 is 0 Å². The van der Waals surface area contributed by atoms with E-state index in [1.54, 1.807) is 0 Å². The van der Waals surface area contributed by atoms with Gasteiger partial charge in [-0.1, -0.05) is 75.3 Å². The SMILES string of the molecule is CC1C(C)C([Si](C)(C)[N-]C(C)(C)C)[C@H](C)C1C.[CH3-].[CH3-].[CH3-].[Ti+4]. The smallest absolute Gasteiger partial charge is 0.660 e.